The van der Waals surface area contributed by atoms with E-state index in [4.69, 9.17) is 5.73 Å². The number of piperidine rings is 1. The average Bonchev–Trinajstić information content (AvgIpc) is 2.20. The summed E-state index contributed by atoms with van der Waals surface area (Å²) in [6, 6.07) is -0.00837. The van der Waals surface area contributed by atoms with Crippen LogP contribution in [0.2, 0.25) is 0 Å². The lowest BCUT2D eigenvalue weighted by Crippen LogP contribution is -2.48. The summed E-state index contributed by atoms with van der Waals surface area (Å²) in [6.45, 7) is 4.05. The second-order valence-electron chi connectivity index (χ2n) is 4.10. The highest BCUT2D eigenvalue weighted by Gasteiger charge is 2.20. The zero-order valence-corrected chi connectivity index (χ0v) is 9.12. The van der Waals surface area contributed by atoms with Gasteiger partial charge in [0.15, 0.2) is 0 Å². The van der Waals surface area contributed by atoms with Crippen molar-refractivity contribution in [3.05, 3.63) is 0 Å². The first-order valence-electron chi connectivity index (χ1n) is 5.38. The van der Waals surface area contributed by atoms with Crippen molar-refractivity contribution in [2.24, 2.45) is 5.73 Å². The van der Waals surface area contributed by atoms with Gasteiger partial charge in [0.2, 0.25) is 5.91 Å². The van der Waals surface area contributed by atoms with Crippen molar-refractivity contribution in [1.29, 1.82) is 0 Å². The monoisotopic (exact) mass is 199 g/mol. The molecule has 0 bridgehead atoms. The Hall–Kier alpha value is -0.610. The molecular formula is C10H21N3O. The Balaban J connectivity index is 2.27. The molecule has 1 unspecified atom stereocenters. The molecule has 0 aliphatic carbocycles. The summed E-state index contributed by atoms with van der Waals surface area (Å²) in [4.78, 5) is 13.8. The Labute approximate surface area is 85.8 Å². The first-order chi connectivity index (χ1) is 6.63. The predicted molar refractivity (Wildman–Crippen MR) is 56.9 cm³/mol. The lowest BCUT2D eigenvalue weighted by Gasteiger charge is -2.30. The molecule has 3 N–H and O–H groups in total. The summed E-state index contributed by atoms with van der Waals surface area (Å²) in [5.41, 5.74) is 5.64. The molecule has 0 aromatic heterocycles. The molecule has 4 heteroatoms. The van der Waals surface area contributed by atoms with Gasteiger partial charge in [-0.15, -0.1) is 0 Å². The van der Waals surface area contributed by atoms with E-state index in [-0.39, 0.29) is 11.9 Å². The Morgan fingerprint density at radius 2 is 2.14 bits per heavy atom. The number of nitrogens with zero attached hydrogens (tertiary/aromatic N) is 1. The standard InChI is InChI=1S/C10H21N3O/c1-3-9(11)10(14)12-8-4-6-13(2)7-5-8/h8-9H,3-7,11H2,1-2H3,(H,12,14). The fourth-order valence-electron chi connectivity index (χ4n) is 1.65. The fraction of sp³-hybridized carbons (Fsp3) is 0.900. The van der Waals surface area contributed by atoms with Crippen LogP contribution in [0.3, 0.4) is 0 Å². The molecule has 1 fully saturated rings. The molecule has 82 valence electrons. The minimum absolute atomic E-state index is 0.00190. The average molecular weight is 199 g/mol. The first kappa shape index (κ1) is 11.5. The summed E-state index contributed by atoms with van der Waals surface area (Å²) in [5, 5.41) is 3.00. The van der Waals surface area contributed by atoms with Gasteiger partial charge in [0.1, 0.15) is 0 Å². The van der Waals surface area contributed by atoms with E-state index in [0.717, 1.165) is 25.9 Å². The number of hydrogen-bond donors (Lipinski definition) is 2. The minimum Gasteiger partial charge on any atom is -0.352 e. The summed E-state index contributed by atoms with van der Waals surface area (Å²) in [5.74, 6) is 0.00190. The van der Waals surface area contributed by atoms with Crippen molar-refractivity contribution in [3.8, 4) is 0 Å². The van der Waals surface area contributed by atoms with Crippen molar-refractivity contribution in [3.63, 3.8) is 0 Å². The molecule has 1 saturated heterocycles. The second kappa shape index (κ2) is 5.32. The highest BCUT2D eigenvalue weighted by Crippen LogP contribution is 2.08. The molecule has 0 saturated carbocycles. The zero-order chi connectivity index (χ0) is 10.6. The van der Waals surface area contributed by atoms with Crippen LogP contribution >= 0.6 is 0 Å². The predicted octanol–water partition coefficient (Wildman–Crippen LogP) is -0.0659. The molecule has 1 amide bonds. The van der Waals surface area contributed by atoms with Gasteiger partial charge in [-0.3, -0.25) is 4.79 Å². The largest absolute Gasteiger partial charge is 0.352 e. The SMILES string of the molecule is CCC(N)C(=O)NC1CCN(C)CC1. The van der Waals surface area contributed by atoms with Crippen LogP contribution in [-0.2, 0) is 4.79 Å². The molecule has 0 aromatic carbocycles. The Morgan fingerprint density at radius 1 is 1.57 bits per heavy atom. The van der Waals surface area contributed by atoms with Gasteiger partial charge in [0.05, 0.1) is 6.04 Å². The second-order valence-corrected chi connectivity index (χ2v) is 4.10. The molecule has 0 spiro atoms. The van der Waals surface area contributed by atoms with Crippen LogP contribution in [-0.4, -0.2) is 43.0 Å². The fourth-order valence-corrected chi connectivity index (χ4v) is 1.65. The van der Waals surface area contributed by atoms with Gasteiger partial charge in [-0.1, -0.05) is 6.92 Å². The van der Waals surface area contributed by atoms with E-state index in [9.17, 15) is 4.79 Å². The van der Waals surface area contributed by atoms with Crippen molar-refractivity contribution in [2.75, 3.05) is 20.1 Å². The zero-order valence-electron chi connectivity index (χ0n) is 9.12. The Kier molecular flexibility index (Phi) is 4.35. The van der Waals surface area contributed by atoms with Crippen LogP contribution in [0.1, 0.15) is 26.2 Å². The van der Waals surface area contributed by atoms with Gasteiger partial charge in [0.25, 0.3) is 0 Å². The molecule has 4 nitrogen and oxygen atoms in total. The third-order valence-electron chi connectivity index (χ3n) is 2.84. The smallest absolute Gasteiger partial charge is 0.237 e. The molecule has 1 aliphatic rings. The number of rotatable bonds is 3. The van der Waals surface area contributed by atoms with Crippen molar-refractivity contribution in [1.82, 2.24) is 10.2 Å². The summed E-state index contributed by atoms with van der Waals surface area (Å²) >= 11 is 0. The highest BCUT2D eigenvalue weighted by molar-refractivity contribution is 5.81. The van der Waals surface area contributed by atoms with Crippen LogP contribution in [0.15, 0.2) is 0 Å². The third kappa shape index (κ3) is 3.27. The molecule has 1 rings (SSSR count). The summed E-state index contributed by atoms with van der Waals surface area (Å²) in [7, 11) is 2.11. The van der Waals surface area contributed by atoms with E-state index >= 15 is 0 Å². The van der Waals surface area contributed by atoms with Crippen LogP contribution in [0.25, 0.3) is 0 Å². The van der Waals surface area contributed by atoms with Crippen LogP contribution < -0.4 is 11.1 Å². The topological polar surface area (TPSA) is 58.4 Å². The van der Waals surface area contributed by atoms with E-state index in [1.807, 2.05) is 6.92 Å². The van der Waals surface area contributed by atoms with Crippen LogP contribution in [0, 0.1) is 0 Å². The van der Waals surface area contributed by atoms with Crippen molar-refractivity contribution < 1.29 is 4.79 Å². The van der Waals surface area contributed by atoms with E-state index in [1.54, 1.807) is 0 Å². The summed E-state index contributed by atoms with van der Waals surface area (Å²) < 4.78 is 0. The van der Waals surface area contributed by atoms with Gasteiger partial charge < -0.3 is 16.0 Å². The van der Waals surface area contributed by atoms with Gasteiger partial charge in [-0.2, -0.15) is 0 Å². The maximum atomic E-state index is 11.5. The quantitative estimate of drug-likeness (QED) is 0.669. The first-order valence-corrected chi connectivity index (χ1v) is 5.38. The molecule has 0 radical (unpaired) electrons. The number of hydrogen-bond acceptors (Lipinski definition) is 3. The van der Waals surface area contributed by atoms with Gasteiger partial charge in [-0.25, -0.2) is 0 Å². The van der Waals surface area contributed by atoms with Gasteiger partial charge in [-0.05, 0) is 39.4 Å². The Morgan fingerprint density at radius 3 is 2.64 bits per heavy atom. The number of carbonyl (C=O) groups excluding carboxylic acids is 1. The van der Waals surface area contributed by atoms with E-state index in [1.165, 1.54) is 0 Å². The lowest BCUT2D eigenvalue weighted by molar-refractivity contribution is -0.123. The summed E-state index contributed by atoms with van der Waals surface area (Å²) in [6.07, 6.45) is 2.79. The van der Waals surface area contributed by atoms with Gasteiger partial charge in [0, 0.05) is 6.04 Å². The Bertz CT molecular complexity index is 188. The van der Waals surface area contributed by atoms with Crippen LogP contribution in [0.4, 0.5) is 0 Å². The molecular weight excluding hydrogens is 178 g/mol. The van der Waals surface area contributed by atoms with E-state index in [0.29, 0.717) is 12.5 Å². The third-order valence-corrected chi connectivity index (χ3v) is 2.84. The number of nitrogens with two attached hydrogens (primary N) is 1. The van der Waals surface area contributed by atoms with Gasteiger partial charge >= 0.3 is 0 Å². The minimum atomic E-state index is -0.338. The number of nitrogens with one attached hydrogen (secondary N) is 1. The van der Waals surface area contributed by atoms with E-state index < -0.39 is 0 Å². The van der Waals surface area contributed by atoms with E-state index in [2.05, 4.69) is 17.3 Å². The normalized spacial score (nSPS) is 21.9. The molecule has 0 aromatic rings. The molecule has 1 atom stereocenters. The number of amides is 1. The molecule has 1 aliphatic heterocycles. The highest BCUT2D eigenvalue weighted by atomic mass is 16.2. The lowest BCUT2D eigenvalue weighted by atomic mass is 10.0. The number of likely N-dealkylation sites (tertiary alicyclic amines) is 1. The number of carbonyl (C=O) groups is 1. The van der Waals surface area contributed by atoms with Crippen LogP contribution in [0.5, 0.6) is 0 Å². The molecule has 14 heavy (non-hydrogen) atoms. The maximum absolute atomic E-state index is 11.5. The maximum Gasteiger partial charge on any atom is 0.237 e. The molecule has 1 heterocycles. The van der Waals surface area contributed by atoms with Crippen molar-refractivity contribution >= 4 is 5.91 Å². The van der Waals surface area contributed by atoms with Crippen molar-refractivity contribution in [2.45, 2.75) is 38.3 Å².